The van der Waals surface area contributed by atoms with Crippen molar-refractivity contribution >= 4 is 5.91 Å². The molecule has 0 aromatic heterocycles. The predicted octanol–water partition coefficient (Wildman–Crippen LogP) is 2.31. The third-order valence-electron chi connectivity index (χ3n) is 4.32. The molecule has 0 radical (unpaired) electrons. The fraction of sp³-hybridized carbons (Fsp3) is 0.929. The number of hydrogen-bond acceptors (Lipinski definition) is 2. The number of nitrogens with zero attached hydrogens (tertiary/aromatic N) is 1. The van der Waals surface area contributed by atoms with E-state index in [1.165, 1.54) is 51.4 Å². The average Bonchev–Trinajstić information content (AvgIpc) is 3.00. The molecule has 0 unspecified atom stereocenters. The van der Waals surface area contributed by atoms with Gasteiger partial charge in [0.1, 0.15) is 0 Å². The summed E-state index contributed by atoms with van der Waals surface area (Å²) in [4.78, 5) is 14.3. The number of nitrogens with one attached hydrogen (secondary N) is 1. The maximum absolute atomic E-state index is 12.2. The summed E-state index contributed by atoms with van der Waals surface area (Å²) in [6, 6.07) is 1.12. The van der Waals surface area contributed by atoms with Crippen LogP contribution in [0.3, 0.4) is 0 Å². The Morgan fingerprint density at radius 2 is 1.71 bits per heavy atom. The summed E-state index contributed by atoms with van der Waals surface area (Å²) >= 11 is 0. The molecule has 2 rings (SSSR count). The summed E-state index contributed by atoms with van der Waals surface area (Å²) in [5.41, 5.74) is 0. The standard InChI is InChI=1S/C14H26N2O/c1-2-16(13-9-5-6-10-13)14(17)11-15-12-7-3-4-8-12/h12-13,15H,2-11H2,1H3. The zero-order valence-electron chi connectivity index (χ0n) is 11.1. The molecule has 0 spiro atoms. The molecule has 2 saturated carbocycles. The molecule has 0 bridgehead atoms. The highest BCUT2D eigenvalue weighted by atomic mass is 16.2. The van der Waals surface area contributed by atoms with Gasteiger partial charge in [0.2, 0.25) is 5.91 Å². The van der Waals surface area contributed by atoms with Gasteiger partial charge < -0.3 is 10.2 Å². The van der Waals surface area contributed by atoms with Crippen LogP contribution in [-0.2, 0) is 4.79 Å². The van der Waals surface area contributed by atoms with Crippen molar-refractivity contribution in [1.29, 1.82) is 0 Å². The van der Waals surface area contributed by atoms with Gasteiger partial charge in [-0.25, -0.2) is 0 Å². The van der Waals surface area contributed by atoms with Crippen LogP contribution in [0, 0.1) is 0 Å². The highest BCUT2D eigenvalue weighted by molar-refractivity contribution is 5.78. The third-order valence-corrected chi connectivity index (χ3v) is 4.32. The minimum absolute atomic E-state index is 0.311. The summed E-state index contributed by atoms with van der Waals surface area (Å²) < 4.78 is 0. The molecule has 0 aromatic rings. The molecular weight excluding hydrogens is 212 g/mol. The maximum Gasteiger partial charge on any atom is 0.236 e. The van der Waals surface area contributed by atoms with Crippen molar-refractivity contribution in [2.24, 2.45) is 0 Å². The van der Waals surface area contributed by atoms with Gasteiger partial charge in [0.05, 0.1) is 6.54 Å². The molecule has 2 aliphatic rings. The number of amides is 1. The van der Waals surface area contributed by atoms with Crippen molar-refractivity contribution in [2.75, 3.05) is 13.1 Å². The number of hydrogen-bond donors (Lipinski definition) is 1. The fourth-order valence-corrected chi connectivity index (χ4v) is 3.32. The van der Waals surface area contributed by atoms with E-state index in [1.807, 2.05) is 0 Å². The molecule has 2 fully saturated rings. The van der Waals surface area contributed by atoms with Gasteiger partial charge in [-0.3, -0.25) is 4.79 Å². The molecular formula is C14H26N2O. The number of carbonyl (C=O) groups is 1. The van der Waals surface area contributed by atoms with E-state index in [1.54, 1.807) is 0 Å². The predicted molar refractivity (Wildman–Crippen MR) is 69.9 cm³/mol. The summed E-state index contributed by atoms with van der Waals surface area (Å²) in [5, 5.41) is 3.43. The normalized spacial score (nSPS) is 22.2. The van der Waals surface area contributed by atoms with Gasteiger partial charge in [-0.05, 0) is 32.6 Å². The summed E-state index contributed by atoms with van der Waals surface area (Å²) in [6.07, 6.45) is 10.2. The van der Waals surface area contributed by atoms with Crippen LogP contribution in [0.1, 0.15) is 58.3 Å². The SMILES string of the molecule is CCN(C(=O)CNC1CCCC1)C1CCCC1. The first kappa shape index (κ1) is 12.9. The molecule has 17 heavy (non-hydrogen) atoms. The van der Waals surface area contributed by atoms with Gasteiger partial charge in [-0.15, -0.1) is 0 Å². The van der Waals surface area contributed by atoms with E-state index in [9.17, 15) is 4.79 Å². The Hall–Kier alpha value is -0.570. The first-order valence-corrected chi connectivity index (χ1v) is 7.34. The molecule has 1 amide bonds. The van der Waals surface area contributed by atoms with E-state index in [0.29, 0.717) is 24.5 Å². The van der Waals surface area contributed by atoms with Crippen LogP contribution >= 0.6 is 0 Å². The Morgan fingerprint density at radius 1 is 1.12 bits per heavy atom. The van der Waals surface area contributed by atoms with E-state index in [4.69, 9.17) is 0 Å². The van der Waals surface area contributed by atoms with Crippen molar-refractivity contribution in [2.45, 2.75) is 70.4 Å². The van der Waals surface area contributed by atoms with E-state index in [0.717, 1.165) is 6.54 Å². The Kier molecular flexibility index (Phi) is 4.84. The molecule has 0 heterocycles. The average molecular weight is 238 g/mol. The third kappa shape index (κ3) is 3.44. The maximum atomic E-state index is 12.2. The zero-order chi connectivity index (χ0) is 12.1. The van der Waals surface area contributed by atoms with E-state index < -0.39 is 0 Å². The molecule has 0 aromatic carbocycles. The number of rotatable bonds is 5. The highest BCUT2D eigenvalue weighted by Gasteiger charge is 2.25. The lowest BCUT2D eigenvalue weighted by Gasteiger charge is -2.28. The van der Waals surface area contributed by atoms with Crippen LogP contribution in [-0.4, -0.2) is 36.0 Å². The molecule has 3 nitrogen and oxygen atoms in total. The van der Waals surface area contributed by atoms with E-state index in [-0.39, 0.29) is 0 Å². The van der Waals surface area contributed by atoms with Crippen LogP contribution in [0.2, 0.25) is 0 Å². The van der Waals surface area contributed by atoms with Gasteiger partial charge in [-0.1, -0.05) is 25.7 Å². The fourth-order valence-electron chi connectivity index (χ4n) is 3.32. The molecule has 1 N–H and O–H groups in total. The largest absolute Gasteiger partial charge is 0.339 e. The quantitative estimate of drug-likeness (QED) is 0.797. The van der Waals surface area contributed by atoms with Gasteiger partial charge in [0, 0.05) is 18.6 Å². The molecule has 3 heteroatoms. The lowest BCUT2D eigenvalue weighted by atomic mass is 10.2. The van der Waals surface area contributed by atoms with Gasteiger partial charge in [0.25, 0.3) is 0 Å². The second-order valence-electron chi connectivity index (χ2n) is 5.48. The van der Waals surface area contributed by atoms with Crippen LogP contribution in [0.15, 0.2) is 0 Å². The lowest BCUT2D eigenvalue weighted by molar-refractivity contribution is -0.132. The number of carbonyl (C=O) groups excluding carboxylic acids is 1. The van der Waals surface area contributed by atoms with Crippen molar-refractivity contribution < 1.29 is 4.79 Å². The Balaban J connectivity index is 1.75. The molecule has 98 valence electrons. The van der Waals surface area contributed by atoms with Gasteiger partial charge in [0.15, 0.2) is 0 Å². The van der Waals surface area contributed by atoms with Crippen molar-refractivity contribution in [3.63, 3.8) is 0 Å². The summed E-state index contributed by atoms with van der Waals surface area (Å²) in [7, 11) is 0. The molecule has 0 saturated heterocycles. The summed E-state index contributed by atoms with van der Waals surface area (Å²) in [5.74, 6) is 0.311. The van der Waals surface area contributed by atoms with Crippen LogP contribution in [0.5, 0.6) is 0 Å². The lowest BCUT2D eigenvalue weighted by Crippen LogP contribution is -2.45. The van der Waals surface area contributed by atoms with E-state index in [2.05, 4.69) is 17.1 Å². The van der Waals surface area contributed by atoms with Crippen LogP contribution in [0.4, 0.5) is 0 Å². The second kappa shape index (κ2) is 6.39. The van der Waals surface area contributed by atoms with Crippen molar-refractivity contribution in [3.05, 3.63) is 0 Å². The first-order valence-electron chi connectivity index (χ1n) is 7.34. The Bertz CT molecular complexity index is 243. The van der Waals surface area contributed by atoms with E-state index >= 15 is 0 Å². The van der Waals surface area contributed by atoms with Gasteiger partial charge >= 0.3 is 0 Å². The minimum Gasteiger partial charge on any atom is -0.339 e. The Morgan fingerprint density at radius 3 is 2.29 bits per heavy atom. The second-order valence-corrected chi connectivity index (χ2v) is 5.48. The zero-order valence-corrected chi connectivity index (χ0v) is 11.1. The highest BCUT2D eigenvalue weighted by Crippen LogP contribution is 2.23. The number of likely N-dealkylation sites (N-methyl/N-ethyl adjacent to an activating group) is 1. The molecule has 0 aliphatic heterocycles. The van der Waals surface area contributed by atoms with Crippen LogP contribution < -0.4 is 5.32 Å². The first-order chi connectivity index (χ1) is 8.31. The van der Waals surface area contributed by atoms with Gasteiger partial charge in [-0.2, -0.15) is 0 Å². The minimum atomic E-state index is 0.311. The van der Waals surface area contributed by atoms with Crippen molar-refractivity contribution in [1.82, 2.24) is 10.2 Å². The van der Waals surface area contributed by atoms with Crippen molar-refractivity contribution in [3.8, 4) is 0 Å². The molecule has 0 atom stereocenters. The molecule has 2 aliphatic carbocycles. The van der Waals surface area contributed by atoms with Crippen LogP contribution in [0.25, 0.3) is 0 Å². The smallest absolute Gasteiger partial charge is 0.236 e. The Labute approximate surface area is 105 Å². The topological polar surface area (TPSA) is 32.3 Å². The summed E-state index contributed by atoms with van der Waals surface area (Å²) in [6.45, 7) is 3.52. The monoisotopic (exact) mass is 238 g/mol.